The fourth-order valence-electron chi connectivity index (χ4n) is 3.40. The van der Waals surface area contributed by atoms with E-state index in [4.69, 9.17) is 0 Å². The van der Waals surface area contributed by atoms with Crippen molar-refractivity contribution < 1.29 is 0 Å². The summed E-state index contributed by atoms with van der Waals surface area (Å²) in [5.74, 6) is 0. The van der Waals surface area contributed by atoms with Crippen molar-refractivity contribution in [2.75, 3.05) is 0 Å². The molecule has 0 amide bonds. The van der Waals surface area contributed by atoms with E-state index in [-0.39, 0.29) is 0 Å². The summed E-state index contributed by atoms with van der Waals surface area (Å²) in [5, 5.41) is 6.20. The van der Waals surface area contributed by atoms with Crippen molar-refractivity contribution in [1.29, 1.82) is 0 Å². The smallest absolute Gasteiger partial charge is 0.0491 e. The SMILES string of the molecule is CCn1c2ccccc2c2cc(CNCc3ccncc3)ccc21. The molecule has 0 unspecified atom stereocenters. The van der Waals surface area contributed by atoms with Crippen molar-refractivity contribution >= 4 is 21.8 Å². The second-order valence-electron chi connectivity index (χ2n) is 6.07. The summed E-state index contributed by atoms with van der Waals surface area (Å²) >= 11 is 0. The maximum absolute atomic E-state index is 4.06. The fourth-order valence-corrected chi connectivity index (χ4v) is 3.40. The first kappa shape index (κ1) is 14.9. The van der Waals surface area contributed by atoms with E-state index in [1.807, 2.05) is 24.5 Å². The van der Waals surface area contributed by atoms with E-state index in [0.29, 0.717) is 0 Å². The molecule has 120 valence electrons. The van der Waals surface area contributed by atoms with Gasteiger partial charge in [0.1, 0.15) is 0 Å². The Morgan fingerprint density at radius 2 is 1.58 bits per heavy atom. The maximum Gasteiger partial charge on any atom is 0.0491 e. The van der Waals surface area contributed by atoms with Crippen LogP contribution in [-0.4, -0.2) is 9.55 Å². The van der Waals surface area contributed by atoms with E-state index >= 15 is 0 Å². The van der Waals surface area contributed by atoms with Crippen LogP contribution in [0.3, 0.4) is 0 Å². The molecule has 0 radical (unpaired) electrons. The van der Waals surface area contributed by atoms with E-state index in [1.54, 1.807) is 0 Å². The van der Waals surface area contributed by atoms with Gasteiger partial charge in [-0.2, -0.15) is 0 Å². The highest BCUT2D eigenvalue weighted by atomic mass is 15.0. The molecule has 0 saturated heterocycles. The summed E-state index contributed by atoms with van der Waals surface area (Å²) in [4.78, 5) is 4.06. The third kappa shape index (κ3) is 2.68. The fraction of sp³-hybridized carbons (Fsp3) is 0.190. The number of hydrogen-bond acceptors (Lipinski definition) is 2. The molecule has 24 heavy (non-hydrogen) atoms. The number of nitrogens with one attached hydrogen (secondary N) is 1. The molecular weight excluding hydrogens is 294 g/mol. The second-order valence-corrected chi connectivity index (χ2v) is 6.07. The van der Waals surface area contributed by atoms with Crippen LogP contribution in [0, 0.1) is 0 Å². The quantitative estimate of drug-likeness (QED) is 0.587. The molecule has 0 bridgehead atoms. The lowest BCUT2D eigenvalue weighted by Gasteiger charge is -2.06. The van der Waals surface area contributed by atoms with Crippen LogP contribution in [0.5, 0.6) is 0 Å². The molecule has 0 spiro atoms. The molecule has 3 nitrogen and oxygen atoms in total. The van der Waals surface area contributed by atoms with Crippen LogP contribution in [0.15, 0.2) is 67.0 Å². The van der Waals surface area contributed by atoms with Gasteiger partial charge in [-0.05, 0) is 48.4 Å². The molecule has 3 heteroatoms. The molecule has 2 heterocycles. The van der Waals surface area contributed by atoms with E-state index in [0.717, 1.165) is 19.6 Å². The Morgan fingerprint density at radius 3 is 2.42 bits per heavy atom. The van der Waals surface area contributed by atoms with Crippen molar-refractivity contribution in [2.45, 2.75) is 26.6 Å². The lowest BCUT2D eigenvalue weighted by molar-refractivity contribution is 0.693. The van der Waals surface area contributed by atoms with Crippen molar-refractivity contribution in [1.82, 2.24) is 14.9 Å². The summed E-state index contributed by atoms with van der Waals surface area (Å²) in [6.07, 6.45) is 3.67. The Balaban J connectivity index is 1.62. The minimum Gasteiger partial charge on any atom is -0.341 e. The molecule has 2 aromatic carbocycles. The van der Waals surface area contributed by atoms with Crippen LogP contribution in [-0.2, 0) is 19.6 Å². The molecule has 0 aliphatic rings. The molecule has 4 rings (SSSR count). The summed E-state index contributed by atoms with van der Waals surface area (Å²) in [5.41, 5.74) is 5.21. The van der Waals surface area contributed by atoms with Crippen molar-refractivity contribution in [3.05, 3.63) is 78.1 Å². The summed E-state index contributed by atoms with van der Waals surface area (Å²) < 4.78 is 2.39. The molecule has 0 atom stereocenters. The van der Waals surface area contributed by atoms with Gasteiger partial charge in [0.05, 0.1) is 0 Å². The van der Waals surface area contributed by atoms with Crippen LogP contribution >= 0.6 is 0 Å². The van der Waals surface area contributed by atoms with E-state index in [1.165, 1.54) is 32.9 Å². The summed E-state index contributed by atoms with van der Waals surface area (Å²) in [7, 11) is 0. The number of aromatic nitrogens is 2. The summed E-state index contributed by atoms with van der Waals surface area (Å²) in [6, 6.07) is 19.6. The number of rotatable bonds is 5. The number of benzene rings is 2. The highest BCUT2D eigenvalue weighted by Gasteiger charge is 2.09. The number of aryl methyl sites for hydroxylation is 1. The number of nitrogens with zero attached hydrogens (tertiary/aromatic N) is 2. The lowest BCUT2D eigenvalue weighted by Crippen LogP contribution is -2.12. The van der Waals surface area contributed by atoms with Crippen LogP contribution in [0.1, 0.15) is 18.1 Å². The molecule has 0 aliphatic heterocycles. The topological polar surface area (TPSA) is 29.9 Å². The zero-order valence-electron chi connectivity index (χ0n) is 13.9. The van der Waals surface area contributed by atoms with Gasteiger partial charge in [-0.3, -0.25) is 4.98 Å². The zero-order valence-corrected chi connectivity index (χ0v) is 13.9. The van der Waals surface area contributed by atoms with Crippen molar-refractivity contribution in [2.24, 2.45) is 0 Å². The van der Waals surface area contributed by atoms with Crippen molar-refractivity contribution in [3.8, 4) is 0 Å². The first-order valence-electron chi connectivity index (χ1n) is 8.46. The van der Waals surface area contributed by atoms with Gasteiger partial charge >= 0.3 is 0 Å². The van der Waals surface area contributed by atoms with Crippen molar-refractivity contribution in [3.63, 3.8) is 0 Å². The molecule has 1 N–H and O–H groups in total. The van der Waals surface area contributed by atoms with Gasteiger partial charge in [0.2, 0.25) is 0 Å². The largest absolute Gasteiger partial charge is 0.341 e. The Kier molecular flexibility index (Phi) is 4.01. The van der Waals surface area contributed by atoms with Crippen LogP contribution in [0.2, 0.25) is 0 Å². The van der Waals surface area contributed by atoms with Gasteiger partial charge < -0.3 is 9.88 Å². The average molecular weight is 315 g/mol. The number of hydrogen-bond donors (Lipinski definition) is 1. The second kappa shape index (κ2) is 6.46. The Morgan fingerprint density at radius 1 is 0.833 bits per heavy atom. The molecular formula is C21H21N3. The highest BCUT2D eigenvalue weighted by Crippen LogP contribution is 2.29. The van der Waals surface area contributed by atoms with Gasteiger partial charge in [-0.15, -0.1) is 0 Å². The van der Waals surface area contributed by atoms with E-state index < -0.39 is 0 Å². The van der Waals surface area contributed by atoms with Crippen LogP contribution in [0.4, 0.5) is 0 Å². The minimum atomic E-state index is 0.858. The third-order valence-corrected chi connectivity index (χ3v) is 4.56. The van der Waals surface area contributed by atoms with Crippen LogP contribution < -0.4 is 5.32 Å². The van der Waals surface area contributed by atoms with Crippen LogP contribution in [0.25, 0.3) is 21.8 Å². The highest BCUT2D eigenvalue weighted by molar-refractivity contribution is 6.08. The predicted molar refractivity (Wildman–Crippen MR) is 99.9 cm³/mol. The molecule has 4 aromatic rings. The summed E-state index contributed by atoms with van der Waals surface area (Å²) in [6.45, 7) is 4.92. The van der Waals surface area contributed by atoms with E-state index in [2.05, 4.69) is 64.3 Å². The molecule has 2 aromatic heterocycles. The molecule has 0 saturated carbocycles. The van der Waals surface area contributed by atoms with Gasteiger partial charge in [0, 0.05) is 53.8 Å². The molecule has 0 fully saturated rings. The number of para-hydroxylation sites is 1. The van der Waals surface area contributed by atoms with Gasteiger partial charge in [0.25, 0.3) is 0 Å². The molecule has 0 aliphatic carbocycles. The monoisotopic (exact) mass is 315 g/mol. The Labute approximate surface area is 142 Å². The van der Waals surface area contributed by atoms with E-state index in [9.17, 15) is 0 Å². The first-order chi connectivity index (χ1) is 11.9. The first-order valence-corrected chi connectivity index (χ1v) is 8.46. The normalized spacial score (nSPS) is 11.4. The maximum atomic E-state index is 4.06. The Hall–Kier alpha value is -2.65. The Bertz CT molecular complexity index is 970. The van der Waals surface area contributed by atoms with Gasteiger partial charge in [-0.25, -0.2) is 0 Å². The standard InChI is InChI=1S/C21H21N3/c1-2-24-20-6-4-3-5-18(20)19-13-17(7-8-21(19)24)15-23-14-16-9-11-22-12-10-16/h3-13,23H,2,14-15H2,1H3. The minimum absolute atomic E-state index is 0.858. The third-order valence-electron chi connectivity index (χ3n) is 4.56. The van der Waals surface area contributed by atoms with Gasteiger partial charge in [-0.1, -0.05) is 24.3 Å². The number of pyridine rings is 1. The zero-order chi connectivity index (χ0) is 16.4. The lowest BCUT2D eigenvalue weighted by atomic mass is 10.1. The predicted octanol–water partition coefficient (Wildman–Crippen LogP) is 4.50. The average Bonchev–Trinajstić information content (AvgIpc) is 2.96. The number of fused-ring (bicyclic) bond motifs is 3. The van der Waals surface area contributed by atoms with Gasteiger partial charge in [0.15, 0.2) is 0 Å².